The summed E-state index contributed by atoms with van der Waals surface area (Å²) >= 11 is 0. The Morgan fingerprint density at radius 3 is 3.00 bits per heavy atom. The molecule has 2 aromatic rings. The van der Waals surface area contributed by atoms with Gasteiger partial charge in [0.2, 0.25) is 11.8 Å². The molecule has 1 atom stereocenters. The molecule has 1 saturated heterocycles. The number of carbonyl (C=O) groups is 2. The fourth-order valence-electron chi connectivity index (χ4n) is 4.37. The Labute approximate surface area is 176 Å². The van der Waals surface area contributed by atoms with Crippen LogP contribution in [-0.4, -0.2) is 30.9 Å². The average Bonchev–Trinajstić information content (AvgIpc) is 3.09. The zero-order valence-electron chi connectivity index (χ0n) is 17.3. The molecule has 2 heterocycles. The first-order valence-electron chi connectivity index (χ1n) is 10.7. The third-order valence-electron chi connectivity index (χ3n) is 5.89. The van der Waals surface area contributed by atoms with Gasteiger partial charge in [-0.2, -0.15) is 0 Å². The van der Waals surface area contributed by atoms with Crippen LogP contribution in [0.4, 0.5) is 15.8 Å². The van der Waals surface area contributed by atoms with Crippen molar-refractivity contribution in [2.75, 3.05) is 23.3 Å². The fourth-order valence-corrected chi connectivity index (χ4v) is 4.37. The van der Waals surface area contributed by atoms with Crippen molar-refractivity contribution >= 4 is 23.2 Å². The number of benzene rings is 2. The lowest BCUT2D eigenvalue weighted by Gasteiger charge is -2.35. The number of rotatable bonds is 6. The van der Waals surface area contributed by atoms with Crippen molar-refractivity contribution in [3.8, 4) is 0 Å². The van der Waals surface area contributed by atoms with Gasteiger partial charge in [-0.25, -0.2) is 4.39 Å². The Morgan fingerprint density at radius 2 is 2.13 bits per heavy atom. The van der Waals surface area contributed by atoms with Crippen molar-refractivity contribution in [2.24, 2.45) is 0 Å². The minimum absolute atomic E-state index is 0.0357. The molecule has 0 aromatic heterocycles. The second-order valence-electron chi connectivity index (χ2n) is 8.38. The van der Waals surface area contributed by atoms with Crippen LogP contribution in [0.1, 0.15) is 42.4 Å². The van der Waals surface area contributed by atoms with E-state index >= 15 is 0 Å². The van der Waals surface area contributed by atoms with E-state index in [2.05, 4.69) is 16.7 Å². The number of carbonyl (C=O) groups excluding carboxylic acids is 2. The maximum atomic E-state index is 14.2. The van der Waals surface area contributed by atoms with Crippen molar-refractivity contribution in [3.05, 3.63) is 58.9 Å². The van der Waals surface area contributed by atoms with E-state index in [9.17, 15) is 14.0 Å². The van der Waals surface area contributed by atoms with E-state index in [4.69, 9.17) is 0 Å². The lowest BCUT2D eigenvalue weighted by Crippen LogP contribution is -2.48. The summed E-state index contributed by atoms with van der Waals surface area (Å²) in [5.41, 5.74) is 4.74. The molecule has 2 aromatic carbocycles. The Hall–Kier alpha value is -2.89. The highest BCUT2D eigenvalue weighted by molar-refractivity contribution is 5.99. The summed E-state index contributed by atoms with van der Waals surface area (Å²) in [7, 11) is 0. The van der Waals surface area contributed by atoms with Gasteiger partial charge in [-0.15, -0.1) is 0 Å². The number of anilines is 2. The summed E-state index contributed by atoms with van der Waals surface area (Å²) in [6, 6.07) is 11.2. The topological polar surface area (TPSA) is 61.4 Å². The maximum Gasteiger partial charge on any atom is 0.228 e. The number of nitrogens with one attached hydrogen (secondary N) is 2. The Morgan fingerprint density at radius 1 is 1.27 bits per heavy atom. The summed E-state index contributed by atoms with van der Waals surface area (Å²) in [6.45, 7) is 3.40. The van der Waals surface area contributed by atoms with Crippen LogP contribution >= 0.6 is 0 Å². The van der Waals surface area contributed by atoms with Crippen molar-refractivity contribution in [3.63, 3.8) is 0 Å². The van der Waals surface area contributed by atoms with E-state index in [0.717, 1.165) is 54.6 Å². The van der Waals surface area contributed by atoms with Gasteiger partial charge in [0.25, 0.3) is 0 Å². The van der Waals surface area contributed by atoms with Gasteiger partial charge >= 0.3 is 0 Å². The van der Waals surface area contributed by atoms with Gasteiger partial charge in [-0.1, -0.05) is 18.2 Å². The summed E-state index contributed by atoms with van der Waals surface area (Å²) in [5, 5.41) is 5.96. The first-order valence-corrected chi connectivity index (χ1v) is 10.7. The zero-order valence-corrected chi connectivity index (χ0v) is 17.3. The van der Waals surface area contributed by atoms with Gasteiger partial charge in [0.1, 0.15) is 5.82 Å². The van der Waals surface area contributed by atoms with E-state index < -0.39 is 0 Å². The second-order valence-corrected chi connectivity index (χ2v) is 8.38. The van der Waals surface area contributed by atoms with Crippen LogP contribution in [-0.2, 0) is 22.4 Å². The van der Waals surface area contributed by atoms with Gasteiger partial charge in [-0.3, -0.25) is 9.59 Å². The molecule has 6 heteroatoms. The van der Waals surface area contributed by atoms with E-state index in [0.29, 0.717) is 25.1 Å². The van der Waals surface area contributed by atoms with Crippen molar-refractivity contribution in [2.45, 2.75) is 51.5 Å². The normalized spacial score (nSPS) is 18.1. The van der Waals surface area contributed by atoms with Crippen LogP contribution in [0.2, 0.25) is 0 Å². The Kier molecular flexibility index (Phi) is 6.02. The Balaban J connectivity index is 1.25. The molecule has 30 heavy (non-hydrogen) atoms. The first-order chi connectivity index (χ1) is 14.5. The van der Waals surface area contributed by atoms with Crippen LogP contribution in [0.15, 0.2) is 36.4 Å². The third-order valence-corrected chi connectivity index (χ3v) is 5.89. The van der Waals surface area contributed by atoms with Crippen molar-refractivity contribution < 1.29 is 14.0 Å². The first kappa shape index (κ1) is 20.4. The maximum absolute atomic E-state index is 14.2. The molecule has 2 N–H and O–H groups in total. The van der Waals surface area contributed by atoms with E-state index in [1.165, 1.54) is 6.07 Å². The summed E-state index contributed by atoms with van der Waals surface area (Å²) in [4.78, 5) is 25.9. The molecular formula is C24H28FN3O2. The molecule has 5 nitrogen and oxygen atoms in total. The quantitative estimate of drug-likeness (QED) is 0.764. The van der Waals surface area contributed by atoms with Gasteiger partial charge < -0.3 is 15.5 Å². The van der Waals surface area contributed by atoms with Gasteiger partial charge in [0.15, 0.2) is 0 Å². The molecular weight excluding hydrogens is 381 g/mol. The summed E-state index contributed by atoms with van der Waals surface area (Å²) < 4.78 is 14.2. The fraction of sp³-hybridized carbons (Fsp3) is 0.417. The molecule has 0 radical (unpaired) electrons. The van der Waals surface area contributed by atoms with Crippen LogP contribution < -0.4 is 15.5 Å². The predicted octanol–water partition coefficient (Wildman–Crippen LogP) is 3.74. The second kappa shape index (κ2) is 8.86. The number of fused-ring (bicyclic) bond motifs is 1. The molecule has 158 valence electrons. The smallest absolute Gasteiger partial charge is 0.228 e. The van der Waals surface area contributed by atoms with E-state index in [-0.39, 0.29) is 23.7 Å². The number of nitrogens with zero attached hydrogens (tertiary/aromatic N) is 1. The van der Waals surface area contributed by atoms with Gasteiger partial charge in [0, 0.05) is 31.2 Å². The number of piperidine rings is 1. The average molecular weight is 410 g/mol. The van der Waals surface area contributed by atoms with Crippen LogP contribution in [0, 0.1) is 12.7 Å². The highest BCUT2D eigenvalue weighted by atomic mass is 19.1. The molecule has 2 amide bonds. The molecule has 2 aliphatic rings. The zero-order chi connectivity index (χ0) is 21.1. The monoisotopic (exact) mass is 409 g/mol. The highest BCUT2D eigenvalue weighted by Gasteiger charge is 2.23. The molecule has 0 bridgehead atoms. The van der Waals surface area contributed by atoms with E-state index in [1.807, 2.05) is 30.0 Å². The standard InChI is InChI=1S/C24H28FN3O2/c1-16-7-9-20(25)22(12-16)28-11-3-5-19(15-28)26-23(29)6-2-4-17-8-10-21-18(13-17)14-24(30)27-21/h7-10,12-13,19H,2-6,11,14-15H2,1H3,(H,26,29)(H,27,30). The lowest BCUT2D eigenvalue weighted by molar-refractivity contribution is -0.122. The summed E-state index contributed by atoms with van der Waals surface area (Å²) in [6.07, 6.45) is 4.31. The predicted molar refractivity (Wildman–Crippen MR) is 116 cm³/mol. The number of hydrogen-bond donors (Lipinski definition) is 2. The number of aryl methyl sites for hydroxylation is 2. The largest absolute Gasteiger partial charge is 0.367 e. The van der Waals surface area contributed by atoms with Gasteiger partial charge in [0.05, 0.1) is 12.1 Å². The molecule has 0 aliphatic carbocycles. The molecule has 1 fully saturated rings. The van der Waals surface area contributed by atoms with E-state index in [1.54, 1.807) is 6.07 Å². The van der Waals surface area contributed by atoms with Crippen molar-refractivity contribution in [1.29, 1.82) is 0 Å². The number of amides is 2. The number of halogens is 1. The SMILES string of the molecule is Cc1ccc(F)c(N2CCCC(NC(=O)CCCc3ccc4c(c3)CC(=O)N4)C2)c1. The number of hydrogen-bond acceptors (Lipinski definition) is 3. The molecule has 2 aliphatic heterocycles. The lowest BCUT2D eigenvalue weighted by atomic mass is 10.0. The molecule has 0 spiro atoms. The van der Waals surface area contributed by atoms with Crippen LogP contribution in [0.25, 0.3) is 0 Å². The minimum Gasteiger partial charge on any atom is -0.367 e. The van der Waals surface area contributed by atoms with Crippen LogP contribution in [0.5, 0.6) is 0 Å². The third kappa shape index (κ3) is 4.81. The minimum atomic E-state index is -0.209. The molecule has 0 saturated carbocycles. The highest BCUT2D eigenvalue weighted by Crippen LogP contribution is 2.25. The molecule has 4 rings (SSSR count). The Bertz CT molecular complexity index is 959. The van der Waals surface area contributed by atoms with Crippen molar-refractivity contribution in [1.82, 2.24) is 5.32 Å². The summed E-state index contributed by atoms with van der Waals surface area (Å²) in [5.74, 6) is -0.128. The molecule has 1 unspecified atom stereocenters. The van der Waals surface area contributed by atoms with Gasteiger partial charge in [-0.05, 0) is 67.5 Å². The van der Waals surface area contributed by atoms with Crippen LogP contribution in [0.3, 0.4) is 0 Å².